The van der Waals surface area contributed by atoms with E-state index in [0.717, 1.165) is 27.7 Å². The number of aliphatic carboxylic acids is 1. The Hall–Kier alpha value is -0.880. The Morgan fingerprint density at radius 3 is 3.00 bits per heavy atom. The molecule has 0 spiro atoms. The van der Waals surface area contributed by atoms with Gasteiger partial charge in [0.05, 0.1) is 4.34 Å². The third-order valence-corrected chi connectivity index (χ3v) is 5.50. The van der Waals surface area contributed by atoms with Gasteiger partial charge in [-0.2, -0.15) is 0 Å². The summed E-state index contributed by atoms with van der Waals surface area (Å²) in [5.41, 5.74) is 0.950. The summed E-state index contributed by atoms with van der Waals surface area (Å²) in [5.74, 6) is -0.776. The lowest BCUT2D eigenvalue weighted by atomic mass is 10.00. The van der Waals surface area contributed by atoms with Gasteiger partial charge in [-0.25, -0.2) is 0 Å². The molecule has 0 bridgehead atoms. The zero-order valence-electron chi connectivity index (χ0n) is 10.0. The van der Waals surface area contributed by atoms with Crippen LogP contribution in [0.3, 0.4) is 0 Å². The van der Waals surface area contributed by atoms with E-state index >= 15 is 0 Å². The number of carbonyl (C=O) groups is 1. The van der Waals surface area contributed by atoms with E-state index in [2.05, 4.69) is 0 Å². The predicted octanol–water partition coefficient (Wildman–Crippen LogP) is 3.65. The predicted molar refractivity (Wildman–Crippen MR) is 78.1 cm³/mol. The van der Waals surface area contributed by atoms with Crippen molar-refractivity contribution in [3.05, 3.63) is 43.2 Å². The second-order valence-corrected chi connectivity index (χ2v) is 7.27. The van der Waals surface area contributed by atoms with Crippen LogP contribution in [0, 0.1) is 0 Å². The molecule has 19 heavy (non-hydrogen) atoms. The summed E-state index contributed by atoms with van der Waals surface area (Å²) in [5, 5.41) is 11.5. The van der Waals surface area contributed by atoms with Gasteiger partial charge in [0.15, 0.2) is 0 Å². The molecule has 1 aliphatic heterocycles. The molecule has 1 unspecified atom stereocenters. The minimum Gasteiger partial charge on any atom is -0.480 e. The van der Waals surface area contributed by atoms with Crippen molar-refractivity contribution in [1.29, 1.82) is 0 Å². The van der Waals surface area contributed by atoms with Gasteiger partial charge in [0.2, 0.25) is 0 Å². The van der Waals surface area contributed by atoms with Gasteiger partial charge in [-0.3, -0.25) is 9.69 Å². The molecule has 3 rings (SSSR count). The zero-order chi connectivity index (χ0) is 13.4. The van der Waals surface area contributed by atoms with Crippen LogP contribution in [0.1, 0.15) is 21.4 Å². The molecule has 3 heterocycles. The first-order chi connectivity index (χ1) is 9.15. The van der Waals surface area contributed by atoms with E-state index in [1.807, 2.05) is 28.5 Å². The minimum absolute atomic E-state index is 0.532. The SMILES string of the molecule is O=C(O)C1c2ccsc2CCN1Cc1ccc(Cl)s1. The van der Waals surface area contributed by atoms with Gasteiger partial charge in [-0.1, -0.05) is 11.6 Å². The lowest BCUT2D eigenvalue weighted by Gasteiger charge is -2.32. The van der Waals surface area contributed by atoms with Crippen molar-refractivity contribution in [2.24, 2.45) is 0 Å². The highest BCUT2D eigenvalue weighted by Gasteiger charge is 2.33. The number of carboxylic acids is 1. The van der Waals surface area contributed by atoms with Gasteiger partial charge in [-0.15, -0.1) is 22.7 Å². The summed E-state index contributed by atoms with van der Waals surface area (Å²) in [6, 6.07) is 5.23. The van der Waals surface area contributed by atoms with Crippen molar-refractivity contribution in [3.63, 3.8) is 0 Å². The molecule has 3 nitrogen and oxygen atoms in total. The number of halogens is 1. The first kappa shape index (κ1) is 13.1. The van der Waals surface area contributed by atoms with E-state index in [9.17, 15) is 9.90 Å². The maximum Gasteiger partial charge on any atom is 0.325 e. The van der Waals surface area contributed by atoms with Crippen molar-refractivity contribution < 1.29 is 9.90 Å². The lowest BCUT2D eigenvalue weighted by molar-refractivity contribution is -0.144. The largest absolute Gasteiger partial charge is 0.480 e. The molecular weight excluding hydrogens is 302 g/mol. The van der Waals surface area contributed by atoms with Crippen LogP contribution in [0.2, 0.25) is 4.34 Å². The molecule has 2 aromatic rings. The van der Waals surface area contributed by atoms with E-state index in [1.54, 1.807) is 11.3 Å². The summed E-state index contributed by atoms with van der Waals surface area (Å²) in [4.78, 5) is 15.9. The fourth-order valence-electron chi connectivity index (χ4n) is 2.46. The van der Waals surface area contributed by atoms with Gasteiger partial charge in [0.1, 0.15) is 6.04 Å². The molecule has 0 fully saturated rings. The number of thiophene rings is 2. The molecule has 2 aromatic heterocycles. The van der Waals surface area contributed by atoms with Crippen LogP contribution in [0.4, 0.5) is 0 Å². The Bertz CT molecular complexity index is 607. The Morgan fingerprint density at radius 2 is 2.32 bits per heavy atom. The van der Waals surface area contributed by atoms with Crippen LogP contribution in [0.15, 0.2) is 23.6 Å². The summed E-state index contributed by atoms with van der Waals surface area (Å²) in [6.07, 6.45) is 0.926. The smallest absolute Gasteiger partial charge is 0.325 e. The quantitative estimate of drug-likeness (QED) is 0.940. The molecule has 0 aromatic carbocycles. The van der Waals surface area contributed by atoms with Crippen molar-refractivity contribution in [1.82, 2.24) is 4.90 Å². The zero-order valence-corrected chi connectivity index (χ0v) is 12.4. The maximum absolute atomic E-state index is 11.6. The average molecular weight is 314 g/mol. The van der Waals surface area contributed by atoms with Crippen molar-refractivity contribution in [2.75, 3.05) is 6.54 Å². The Balaban J connectivity index is 1.87. The highest BCUT2D eigenvalue weighted by Crippen LogP contribution is 2.35. The highest BCUT2D eigenvalue weighted by atomic mass is 35.5. The Labute approximate surface area is 124 Å². The van der Waals surface area contributed by atoms with Crippen LogP contribution in [-0.2, 0) is 17.8 Å². The first-order valence-electron chi connectivity index (χ1n) is 5.92. The lowest BCUT2D eigenvalue weighted by Crippen LogP contribution is -2.38. The molecule has 0 radical (unpaired) electrons. The summed E-state index contributed by atoms with van der Waals surface area (Å²) >= 11 is 9.09. The monoisotopic (exact) mass is 313 g/mol. The number of carboxylic acid groups (broad SMARTS) is 1. The number of hydrogen-bond donors (Lipinski definition) is 1. The maximum atomic E-state index is 11.6. The number of hydrogen-bond acceptors (Lipinski definition) is 4. The molecule has 0 saturated heterocycles. The molecule has 1 N–H and O–H groups in total. The summed E-state index contributed by atoms with van der Waals surface area (Å²) in [7, 11) is 0. The molecule has 0 aliphatic carbocycles. The topological polar surface area (TPSA) is 40.5 Å². The third kappa shape index (κ3) is 2.56. The summed E-state index contributed by atoms with van der Waals surface area (Å²) in [6.45, 7) is 1.42. The highest BCUT2D eigenvalue weighted by molar-refractivity contribution is 7.16. The molecule has 6 heteroatoms. The second kappa shape index (κ2) is 5.25. The number of fused-ring (bicyclic) bond motifs is 1. The molecular formula is C13H12ClNO2S2. The first-order valence-corrected chi connectivity index (χ1v) is 8.00. The van der Waals surface area contributed by atoms with Gasteiger partial charge in [0.25, 0.3) is 0 Å². The molecule has 1 aliphatic rings. The molecule has 0 saturated carbocycles. The summed E-state index contributed by atoms with van der Waals surface area (Å²) < 4.78 is 0.745. The van der Waals surface area contributed by atoms with Gasteiger partial charge >= 0.3 is 5.97 Å². The molecule has 0 amide bonds. The van der Waals surface area contributed by atoms with E-state index in [1.165, 1.54) is 16.2 Å². The van der Waals surface area contributed by atoms with Gasteiger partial charge < -0.3 is 5.11 Å². The van der Waals surface area contributed by atoms with E-state index < -0.39 is 12.0 Å². The van der Waals surface area contributed by atoms with Crippen LogP contribution >= 0.6 is 34.3 Å². The van der Waals surface area contributed by atoms with Gasteiger partial charge in [-0.05, 0) is 35.6 Å². The van der Waals surface area contributed by atoms with Crippen LogP contribution in [0.5, 0.6) is 0 Å². The second-order valence-electron chi connectivity index (χ2n) is 4.47. The number of nitrogens with zero attached hydrogens (tertiary/aromatic N) is 1. The van der Waals surface area contributed by atoms with Crippen LogP contribution in [-0.4, -0.2) is 22.5 Å². The Morgan fingerprint density at radius 1 is 1.47 bits per heavy atom. The molecule has 1 atom stereocenters. The van der Waals surface area contributed by atoms with E-state index in [-0.39, 0.29) is 0 Å². The normalized spacial score (nSPS) is 19.3. The number of rotatable bonds is 3. The fraction of sp³-hybridized carbons (Fsp3) is 0.308. The average Bonchev–Trinajstić information content (AvgIpc) is 2.97. The molecule has 100 valence electrons. The fourth-order valence-corrected chi connectivity index (χ4v) is 4.48. The minimum atomic E-state index is -0.776. The van der Waals surface area contributed by atoms with Gasteiger partial charge in [0, 0.05) is 22.8 Å². The third-order valence-electron chi connectivity index (χ3n) is 3.29. The van der Waals surface area contributed by atoms with Crippen molar-refractivity contribution in [3.8, 4) is 0 Å². The Kier molecular flexibility index (Phi) is 3.62. The van der Waals surface area contributed by atoms with Crippen LogP contribution in [0.25, 0.3) is 0 Å². The van der Waals surface area contributed by atoms with E-state index in [4.69, 9.17) is 11.6 Å². The van der Waals surface area contributed by atoms with Crippen LogP contribution < -0.4 is 0 Å². The standard InChI is InChI=1S/C13H12ClNO2S2/c14-11-2-1-8(19-11)7-15-5-3-10-9(4-6-18-10)12(15)13(16)17/h1-2,4,6,12H,3,5,7H2,(H,16,17). The van der Waals surface area contributed by atoms with E-state index in [0.29, 0.717) is 6.54 Å². The van der Waals surface area contributed by atoms with Crippen molar-refractivity contribution >= 4 is 40.2 Å². The van der Waals surface area contributed by atoms with Crippen molar-refractivity contribution in [2.45, 2.75) is 19.0 Å².